The van der Waals surface area contributed by atoms with Gasteiger partial charge < -0.3 is 14.5 Å². The molecule has 0 saturated heterocycles. The third-order valence-electron chi connectivity index (χ3n) is 5.60. The van der Waals surface area contributed by atoms with E-state index in [1.807, 2.05) is 6.07 Å². The highest BCUT2D eigenvalue weighted by Gasteiger charge is 2.37. The molecule has 1 heterocycles. The molecule has 1 amide bonds. The van der Waals surface area contributed by atoms with Crippen LogP contribution in [0.4, 0.5) is 11.4 Å². The quantitative estimate of drug-likeness (QED) is 0.507. The average molecular weight is 399 g/mol. The molecule has 154 valence electrons. The van der Waals surface area contributed by atoms with Gasteiger partial charge in [-0.2, -0.15) is 0 Å². The Morgan fingerprint density at radius 3 is 2.72 bits per heavy atom. The highest BCUT2D eigenvalue weighted by atomic mass is 16.6. The van der Waals surface area contributed by atoms with Crippen molar-refractivity contribution < 1.29 is 18.9 Å². The zero-order valence-corrected chi connectivity index (χ0v) is 16.6. The first-order chi connectivity index (χ1) is 13.9. The summed E-state index contributed by atoms with van der Waals surface area (Å²) >= 11 is 0. The molecule has 0 unspecified atom stereocenters. The summed E-state index contributed by atoms with van der Waals surface area (Å²) in [5, 5.41) is 13.7. The van der Waals surface area contributed by atoms with Crippen molar-refractivity contribution in [2.45, 2.75) is 44.7 Å². The van der Waals surface area contributed by atoms with Crippen LogP contribution in [0.1, 0.15) is 43.6 Å². The summed E-state index contributed by atoms with van der Waals surface area (Å²) in [5.74, 6) is 3.23. The van der Waals surface area contributed by atoms with E-state index in [4.69, 9.17) is 9.15 Å². The van der Waals surface area contributed by atoms with Crippen LogP contribution in [0, 0.1) is 16.0 Å². The van der Waals surface area contributed by atoms with E-state index in [0.717, 1.165) is 24.4 Å². The summed E-state index contributed by atoms with van der Waals surface area (Å²) in [5.41, 5.74) is 0.333. The number of nitro benzene ring substituents is 1. The van der Waals surface area contributed by atoms with E-state index in [1.165, 1.54) is 31.7 Å². The summed E-state index contributed by atoms with van der Waals surface area (Å²) in [6.07, 6.45) is 3.32. The van der Waals surface area contributed by atoms with Crippen molar-refractivity contribution in [1.29, 1.82) is 0 Å². The number of benzene rings is 1. The normalized spacial score (nSPS) is 20.5. The first-order valence-corrected chi connectivity index (χ1v) is 9.89. The van der Waals surface area contributed by atoms with Gasteiger partial charge in [0, 0.05) is 18.0 Å². The molecule has 1 aromatic heterocycles. The summed E-state index contributed by atoms with van der Waals surface area (Å²) < 4.78 is 11.2. The van der Waals surface area contributed by atoms with Crippen LogP contribution < -0.4 is 10.1 Å². The molecular weight excluding hydrogens is 374 g/mol. The van der Waals surface area contributed by atoms with Crippen LogP contribution in [-0.2, 0) is 11.3 Å². The van der Waals surface area contributed by atoms with E-state index in [1.54, 1.807) is 0 Å². The van der Waals surface area contributed by atoms with Gasteiger partial charge in [-0.3, -0.25) is 19.8 Å². The number of carbonyl (C=O) groups excluding carboxylic acids is 1. The number of ether oxygens (including phenoxy) is 1. The zero-order valence-electron chi connectivity index (χ0n) is 16.6. The Bertz CT molecular complexity index is 921. The van der Waals surface area contributed by atoms with Crippen molar-refractivity contribution >= 4 is 17.3 Å². The summed E-state index contributed by atoms with van der Waals surface area (Å²) in [7, 11) is 1.42. The van der Waals surface area contributed by atoms with Crippen LogP contribution in [0.3, 0.4) is 0 Å². The van der Waals surface area contributed by atoms with Crippen molar-refractivity contribution in [3.63, 3.8) is 0 Å². The van der Waals surface area contributed by atoms with Crippen LogP contribution >= 0.6 is 0 Å². The second-order valence-corrected chi connectivity index (χ2v) is 7.95. The van der Waals surface area contributed by atoms with Crippen molar-refractivity contribution in [1.82, 2.24) is 4.90 Å². The number of non-ortho nitro benzene ring substituents is 1. The van der Waals surface area contributed by atoms with E-state index in [0.29, 0.717) is 30.1 Å². The zero-order chi connectivity index (χ0) is 20.5. The number of hydrogen-bond donors (Lipinski definition) is 1. The standard InChI is InChI=1S/C21H25N3O5/c1-13-9-17(13)19-8-6-16(29-19)11-23(14-3-4-14)12-21(25)22-18-7-5-15(24(26)27)10-20(18)28-2/h5-8,10,13-14,17H,3-4,9,11-12H2,1-2H3,(H,22,25)/t13-,17+/m0/s1. The fourth-order valence-corrected chi connectivity index (χ4v) is 3.62. The van der Waals surface area contributed by atoms with Crippen molar-refractivity contribution in [3.8, 4) is 5.75 Å². The van der Waals surface area contributed by atoms with Gasteiger partial charge in [-0.15, -0.1) is 0 Å². The molecule has 4 rings (SSSR count). The number of hydrogen-bond acceptors (Lipinski definition) is 6. The molecule has 0 aliphatic heterocycles. The molecular formula is C21H25N3O5. The molecule has 1 aromatic carbocycles. The molecule has 2 aliphatic carbocycles. The maximum atomic E-state index is 12.6. The van der Waals surface area contributed by atoms with E-state index in [9.17, 15) is 14.9 Å². The highest BCUT2D eigenvalue weighted by molar-refractivity contribution is 5.94. The number of amides is 1. The van der Waals surface area contributed by atoms with Gasteiger partial charge >= 0.3 is 0 Å². The van der Waals surface area contributed by atoms with Gasteiger partial charge in [0.1, 0.15) is 17.3 Å². The lowest BCUT2D eigenvalue weighted by atomic mass is 10.2. The molecule has 8 heteroatoms. The number of nitrogens with one attached hydrogen (secondary N) is 1. The van der Waals surface area contributed by atoms with Gasteiger partial charge in [-0.25, -0.2) is 0 Å². The van der Waals surface area contributed by atoms with Gasteiger partial charge in [0.15, 0.2) is 0 Å². The first-order valence-electron chi connectivity index (χ1n) is 9.89. The van der Waals surface area contributed by atoms with Crippen molar-refractivity contribution in [2.24, 2.45) is 5.92 Å². The molecule has 8 nitrogen and oxygen atoms in total. The predicted octanol–water partition coefficient (Wildman–Crippen LogP) is 3.92. The minimum Gasteiger partial charge on any atom is -0.494 e. The van der Waals surface area contributed by atoms with Crippen LogP contribution in [0.5, 0.6) is 5.75 Å². The molecule has 0 bridgehead atoms. The fraction of sp³-hybridized carbons (Fsp3) is 0.476. The molecule has 2 aromatic rings. The molecule has 2 aliphatic rings. The Labute approximate surface area is 169 Å². The topological polar surface area (TPSA) is 97.8 Å². The molecule has 2 saturated carbocycles. The van der Waals surface area contributed by atoms with Crippen LogP contribution in [0.25, 0.3) is 0 Å². The Morgan fingerprint density at radius 2 is 2.10 bits per heavy atom. The third-order valence-corrected chi connectivity index (χ3v) is 5.60. The Hall–Kier alpha value is -2.87. The van der Waals surface area contributed by atoms with Crippen molar-refractivity contribution in [3.05, 3.63) is 52.0 Å². The highest BCUT2D eigenvalue weighted by Crippen LogP contribution is 2.47. The summed E-state index contributed by atoms with van der Waals surface area (Å²) in [6.45, 7) is 3.04. The number of rotatable bonds is 9. The van der Waals surface area contributed by atoms with Crippen LogP contribution in [0.2, 0.25) is 0 Å². The fourth-order valence-electron chi connectivity index (χ4n) is 3.62. The van der Waals surface area contributed by atoms with Gasteiger partial charge in [-0.1, -0.05) is 6.92 Å². The van der Waals surface area contributed by atoms with Gasteiger partial charge in [0.25, 0.3) is 5.69 Å². The summed E-state index contributed by atoms with van der Waals surface area (Å²) in [4.78, 5) is 25.2. The van der Waals surface area contributed by atoms with E-state index in [-0.39, 0.29) is 23.9 Å². The number of anilines is 1. The predicted molar refractivity (Wildman–Crippen MR) is 107 cm³/mol. The number of nitro groups is 1. The van der Waals surface area contributed by atoms with Gasteiger partial charge in [0.2, 0.25) is 5.91 Å². The number of nitrogens with zero attached hydrogens (tertiary/aromatic N) is 2. The lowest BCUT2D eigenvalue weighted by Crippen LogP contribution is -2.34. The Kier molecular flexibility index (Phi) is 5.27. The minimum atomic E-state index is -0.497. The molecule has 1 N–H and O–H groups in total. The lowest BCUT2D eigenvalue weighted by Gasteiger charge is -2.20. The largest absolute Gasteiger partial charge is 0.494 e. The second-order valence-electron chi connectivity index (χ2n) is 7.95. The Morgan fingerprint density at radius 1 is 1.34 bits per heavy atom. The summed E-state index contributed by atoms with van der Waals surface area (Å²) in [6, 6.07) is 8.58. The molecule has 0 radical (unpaired) electrons. The maximum Gasteiger partial charge on any atom is 0.273 e. The average Bonchev–Trinajstić information content (AvgIpc) is 3.61. The van der Waals surface area contributed by atoms with E-state index in [2.05, 4.69) is 23.2 Å². The maximum absolute atomic E-state index is 12.6. The number of furan rings is 1. The van der Waals surface area contributed by atoms with Crippen LogP contribution in [-0.4, -0.2) is 35.4 Å². The molecule has 29 heavy (non-hydrogen) atoms. The minimum absolute atomic E-state index is 0.0851. The van der Waals surface area contributed by atoms with Gasteiger partial charge in [-0.05, 0) is 43.4 Å². The third kappa shape index (κ3) is 4.59. The monoisotopic (exact) mass is 399 g/mol. The molecule has 0 spiro atoms. The molecule has 2 atom stereocenters. The smallest absolute Gasteiger partial charge is 0.273 e. The lowest BCUT2D eigenvalue weighted by molar-refractivity contribution is -0.384. The Balaban J connectivity index is 1.39. The number of methoxy groups -OCH3 is 1. The first kappa shape index (κ1) is 19.4. The van der Waals surface area contributed by atoms with E-state index < -0.39 is 4.92 Å². The van der Waals surface area contributed by atoms with Gasteiger partial charge in [0.05, 0.1) is 36.9 Å². The van der Waals surface area contributed by atoms with Crippen molar-refractivity contribution in [2.75, 3.05) is 19.0 Å². The molecule has 2 fully saturated rings. The van der Waals surface area contributed by atoms with Crippen LogP contribution in [0.15, 0.2) is 34.7 Å². The second kappa shape index (κ2) is 7.87. The van der Waals surface area contributed by atoms with E-state index >= 15 is 0 Å². The SMILES string of the molecule is COc1cc([N+](=O)[O-])ccc1NC(=O)CN(Cc1ccc([C@@H]2C[C@@H]2C)o1)C1CC1. The number of carbonyl (C=O) groups is 1.